The predicted octanol–water partition coefficient (Wildman–Crippen LogP) is 3.29. The number of ether oxygens (including phenoxy) is 1. The minimum absolute atomic E-state index is 0.0882. The Morgan fingerprint density at radius 3 is 2.80 bits per heavy atom. The first-order chi connectivity index (χ1) is 7.22. The molecule has 0 aliphatic heterocycles. The molecule has 1 aliphatic carbocycles. The molecule has 1 atom stereocenters. The average Bonchev–Trinajstić information content (AvgIpc) is 2.64. The molecule has 1 aromatic carbocycles. The zero-order valence-electron chi connectivity index (χ0n) is 8.63. The van der Waals surface area contributed by atoms with Gasteiger partial charge in [-0.25, -0.2) is 0 Å². The predicted molar refractivity (Wildman–Crippen MR) is 62.3 cm³/mol. The van der Waals surface area contributed by atoms with Crippen LogP contribution in [0.1, 0.15) is 30.7 Å². The van der Waals surface area contributed by atoms with Crippen molar-refractivity contribution in [2.75, 3.05) is 7.11 Å². The molecule has 0 heterocycles. The number of ketones is 1. The van der Waals surface area contributed by atoms with E-state index in [0.717, 1.165) is 35.0 Å². The maximum absolute atomic E-state index is 11.6. The number of halogens is 1. The van der Waals surface area contributed by atoms with E-state index < -0.39 is 0 Å². The molecule has 80 valence electrons. The summed E-state index contributed by atoms with van der Waals surface area (Å²) in [6, 6.07) is 5.81. The lowest BCUT2D eigenvalue weighted by Crippen LogP contribution is -2.04. The Morgan fingerprint density at radius 2 is 2.27 bits per heavy atom. The number of methoxy groups -OCH3 is 1. The van der Waals surface area contributed by atoms with Crippen molar-refractivity contribution in [3.8, 4) is 5.75 Å². The molecule has 15 heavy (non-hydrogen) atoms. The van der Waals surface area contributed by atoms with Crippen LogP contribution in [-0.4, -0.2) is 12.9 Å². The van der Waals surface area contributed by atoms with Crippen LogP contribution in [0, 0.1) is 0 Å². The summed E-state index contributed by atoms with van der Waals surface area (Å²) < 4.78 is 6.10. The normalized spacial score (nSPS) is 20.7. The first-order valence-corrected chi connectivity index (χ1v) is 5.88. The maximum atomic E-state index is 11.6. The van der Waals surface area contributed by atoms with Gasteiger partial charge in [0.15, 0.2) is 0 Å². The van der Waals surface area contributed by atoms with Crippen LogP contribution < -0.4 is 4.74 Å². The third-order valence-electron chi connectivity index (χ3n) is 2.89. The van der Waals surface area contributed by atoms with Crippen molar-refractivity contribution in [2.24, 2.45) is 0 Å². The van der Waals surface area contributed by atoms with Crippen molar-refractivity contribution in [1.29, 1.82) is 0 Å². The Kier molecular flexibility index (Phi) is 3.10. The first kappa shape index (κ1) is 10.7. The van der Waals surface area contributed by atoms with E-state index in [0.29, 0.717) is 5.78 Å². The van der Waals surface area contributed by atoms with Gasteiger partial charge in [0.1, 0.15) is 11.5 Å². The van der Waals surface area contributed by atoms with Crippen molar-refractivity contribution in [2.45, 2.75) is 25.2 Å². The summed E-state index contributed by atoms with van der Waals surface area (Å²) in [7, 11) is 1.64. The molecular formula is C12H13BrO2. The summed E-state index contributed by atoms with van der Waals surface area (Å²) in [6.07, 6.45) is 2.72. The number of rotatable bonds is 2. The van der Waals surface area contributed by atoms with Crippen LogP contribution >= 0.6 is 15.9 Å². The highest BCUT2D eigenvalue weighted by atomic mass is 79.9. The number of carbonyl (C=O) groups excluding carboxylic acids is 1. The largest absolute Gasteiger partial charge is 0.497 e. The van der Waals surface area contributed by atoms with Gasteiger partial charge in [0.2, 0.25) is 0 Å². The van der Waals surface area contributed by atoms with Crippen LogP contribution in [0.15, 0.2) is 22.7 Å². The van der Waals surface area contributed by atoms with Crippen LogP contribution in [0.3, 0.4) is 0 Å². The zero-order chi connectivity index (χ0) is 10.8. The molecule has 0 amide bonds. The Bertz CT molecular complexity index is 387. The van der Waals surface area contributed by atoms with E-state index in [-0.39, 0.29) is 5.92 Å². The van der Waals surface area contributed by atoms with Gasteiger partial charge in [-0.2, -0.15) is 0 Å². The summed E-state index contributed by atoms with van der Waals surface area (Å²) >= 11 is 3.49. The van der Waals surface area contributed by atoms with Gasteiger partial charge in [-0.3, -0.25) is 4.79 Å². The van der Waals surface area contributed by atoms with Crippen molar-refractivity contribution in [1.82, 2.24) is 0 Å². The Balaban J connectivity index is 2.32. The molecule has 1 unspecified atom stereocenters. The molecule has 0 spiro atoms. The van der Waals surface area contributed by atoms with Crippen molar-refractivity contribution in [3.63, 3.8) is 0 Å². The number of benzene rings is 1. The molecule has 1 fully saturated rings. The number of hydrogen-bond acceptors (Lipinski definition) is 2. The summed E-state index contributed by atoms with van der Waals surface area (Å²) in [5.41, 5.74) is 1.10. The second-order valence-corrected chi connectivity index (χ2v) is 4.65. The summed E-state index contributed by atoms with van der Waals surface area (Å²) in [5.74, 6) is 1.27. The molecule has 3 heteroatoms. The summed E-state index contributed by atoms with van der Waals surface area (Å²) in [5, 5.41) is 0. The molecule has 0 bridgehead atoms. The molecule has 2 rings (SSSR count). The highest BCUT2D eigenvalue weighted by Crippen LogP contribution is 2.36. The highest BCUT2D eigenvalue weighted by molar-refractivity contribution is 9.10. The number of Topliss-reactive ketones (excluding diaryl/α,β-unsaturated/α-hetero) is 1. The molecule has 0 radical (unpaired) electrons. The zero-order valence-corrected chi connectivity index (χ0v) is 10.2. The van der Waals surface area contributed by atoms with E-state index in [9.17, 15) is 4.79 Å². The lowest BCUT2D eigenvalue weighted by Gasteiger charge is -2.11. The smallest absolute Gasteiger partial charge is 0.140 e. The highest BCUT2D eigenvalue weighted by Gasteiger charge is 2.27. The molecule has 1 aromatic rings. The molecule has 2 nitrogen and oxygen atoms in total. The maximum Gasteiger partial charge on any atom is 0.140 e. The second-order valence-electron chi connectivity index (χ2n) is 3.80. The van der Waals surface area contributed by atoms with Crippen molar-refractivity contribution >= 4 is 21.7 Å². The minimum atomic E-state index is 0.0882. The summed E-state index contributed by atoms with van der Waals surface area (Å²) in [4.78, 5) is 11.6. The van der Waals surface area contributed by atoms with E-state index in [2.05, 4.69) is 15.9 Å². The van der Waals surface area contributed by atoms with Gasteiger partial charge in [0.25, 0.3) is 0 Å². The van der Waals surface area contributed by atoms with E-state index in [4.69, 9.17) is 4.74 Å². The first-order valence-electron chi connectivity index (χ1n) is 5.08. The fraction of sp³-hybridized carbons (Fsp3) is 0.417. The molecule has 0 saturated heterocycles. The second kappa shape index (κ2) is 4.35. The number of hydrogen-bond donors (Lipinski definition) is 0. The van der Waals surface area contributed by atoms with E-state index in [1.165, 1.54) is 0 Å². The molecule has 0 aromatic heterocycles. The van der Waals surface area contributed by atoms with E-state index in [1.807, 2.05) is 18.2 Å². The van der Waals surface area contributed by atoms with Gasteiger partial charge in [0, 0.05) is 16.8 Å². The van der Waals surface area contributed by atoms with Crippen molar-refractivity contribution in [3.05, 3.63) is 28.2 Å². The molecular weight excluding hydrogens is 256 g/mol. The summed E-state index contributed by atoms with van der Waals surface area (Å²) in [6.45, 7) is 0. The van der Waals surface area contributed by atoms with Gasteiger partial charge >= 0.3 is 0 Å². The standard InChI is InChI=1S/C12H13BrO2/c1-15-8-5-6-9(11(13)7-8)10-3-2-4-12(10)14/h5-7,10H,2-4H2,1H3. The fourth-order valence-electron chi connectivity index (χ4n) is 2.06. The fourth-order valence-corrected chi connectivity index (χ4v) is 2.70. The van der Waals surface area contributed by atoms with Gasteiger partial charge in [0.05, 0.1) is 7.11 Å². The SMILES string of the molecule is COc1ccc(C2CCCC2=O)c(Br)c1. The third-order valence-corrected chi connectivity index (χ3v) is 3.57. The van der Waals surface area contributed by atoms with Crippen LogP contribution in [0.25, 0.3) is 0 Å². The van der Waals surface area contributed by atoms with E-state index in [1.54, 1.807) is 7.11 Å². The molecule has 0 N–H and O–H groups in total. The Labute approximate surface area is 97.8 Å². The lowest BCUT2D eigenvalue weighted by molar-refractivity contribution is -0.118. The van der Waals surface area contributed by atoms with Gasteiger partial charge in [-0.15, -0.1) is 0 Å². The minimum Gasteiger partial charge on any atom is -0.497 e. The lowest BCUT2D eigenvalue weighted by atomic mass is 9.97. The monoisotopic (exact) mass is 268 g/mol. The van der Waals surface area contributed by atoms with Gasteiger partial charge in [-0.05, 0) is 30.5 Å². The quantitative estimate of drug-likeness (QED) is 0.823. The molecule has 1 saturated carbocycles. The Morgan fingerprint density at radius 1 is 1.47 bits per heavy atom. The van der Waals surface area contributed by atoms with Crippen LogP contribution in [-0.2, 0) is 4.79 Å². The van der Waals surface area contributed by atoms with E-state index >= 15 is 0 Å². The van der Waals surface area contributed by atoms with Crippen LogP contribution in [0.5, 0.6) is 5.75 Å². The Hall–Kier alpha value is -0.830. The average molecular weight is 269 g/mol. The third kappa shape index (κ3) is 2.07. The van der Waals surface area contributed by atoms with Gasteiger partial charge < -0.3 is 4.74 Å². The van der Waals surface area contributed by atoms with Crippen LogP contribution in [0.4, 0.5) is 0 Å². The van der Waals surface area contributed by atoms with Crippen LogP contribution in [0.2, 0.25) is 0 Å². The van der Waals surface area contributed by atoms with Crippen molar-refractivity contribution < 1.29 is 9.53 Å². The number of carbonyl (C=O) groups is 1. The van der Waals surface area contributed by atoms with Gasteiger partial charge in [-0.1, -0.05) is 22.0 Å². The molecule has 1 aliphatic rings. The topological polar surface area (TPSA) is 26.3 Å².